The van der Waals surface area contributed by atoms with Crippen molar-refractivity contribution in [2.75, 3.05) is 19.6 Å². The molecule has 0 aliphatic carbocycles. The number of halogens is 1. The third-order valence-corrected chi connectivity index (χ3v) is 6.04. The Labute approximate surface area is 170 Å². The maximum absolute atomic E-state index is 13.5. The molecule has 0 saturated carbocycles. The lowest BCUT2D eigenvalue weighted by Crippen LogP contribution is -2.36. The number of piperidine rings is 1. The minimum Gasteiger partial charge on any atom is -0.312 e. The lowest BCUT2D eigenvalue weighted by atomic mass is 9.96. The molecule has 29 heavy (non-hydrogen) atoms. The average Bonchev–Trinajstić information content (AvgIpc) is 3.19. The highest BCUT2D eigenvalue weighted by atomic mass is 19.1. The van der Waals surface area contributed by atoms with E-state index in [-0.39, 0.29) is 5.82 Å². The Kier molecular flexibility index (Phi) is 5.12. The first-order chi connectivity index (χ1) is 14.3. The van der Waals surface area contributed by atoms with Crippen LogP contribution in [0.2, 0.25) is 0 Å². The quantitative estimate of drug-likeness (QED) is 0.739. The molecular weight excluding hydrogens is 365 g/mol. The summed E-state index contributed by atoms with van der Waals surface area (Å²) in [6.45, 7) is 5.85. The zero-order chi connectivity index (χ0) is 19.6. The van der Waals surface area contributed by atoms with Crippen molar-refractivity contribution in [3.05, 3.63) is 71.6 Å². The highest BCUT2D eigenvalue weighted by Crippen LogP contribution is 2.28. The molecule has 1 saturated heterocycles. The summed E-state index contributed by atoms with van der Waals surface area (Å²) in [6.07, 6.45) is 2.37. The van der Waals surface area contributed by atoms with Crippen molar-refractivity contribution in [2.24, 2.45) is 0 Å². The molecule has 3 heterocycles. The van der Waals surface area contributed by atoms with Crippen LogP contribution in [0.15, 0.2) is 48.5 Å². The fourth-order valence-corrected chi connectivity index (χ4v) is 4.56. The first-order valence-electron chi connectivity index (χ1n) is 10.5. The van der Waals surface area contributed by atoms with Gasteiger partial charge in [-0.15, -0.1) is 10.2 Å². The topological polar surface area (TPSA) is 46.0 Å². The second-order valence-corrected chi connectivity index (χ2v) is 8.08. The highest BCUT2D eigenvalue weighted by molar-refractivity contribution is 5.63. The fourth-order valence-electron chi connectivity index (χ4n) is 4.56. The van der Waals surface area contributed by atoms with Crippen molar-refractivity contribution in [3.8, 4) is 11.1 Å². The van der Waals surface area contributed by atoms with Crippen LogP contribution in [-0.2, 0) is 19.6 Å². The SMILES string of the molecule is Fc1cccc(-c2ccc(CN3CCC[C@H](c4nnc5n4CCNC5)C3)cc2)c1. The van der Waals surface area contributed by atoms with Crippen LogP contribution in [0.5, 0.6) is 0 Å². The molecule has 1 aromatic heterocycles. The Hall–Kier alpha value is -2.57. The van der Waals surface area contributed by atoms with Gasteiger partial charge in [-0.3, -0.25) is 4.90 Å². The van der Waals surface area contributed by atoms with Crippen LogP contribution in [-0.4, -0.2) is 39.3 Å². The van der Waals surface area contributed by atoms with Gasteiger partial charge >= 0.3 is 0 Å². The van der Waals surface area contributed by atoms with Crippen molar-refractivity contribution in [2.45, 2.75) is 38.4 Å². The maximum Gasteiger partial charge on any atom is 0.147 e. The monoisotopic (exact) mass is 391 g/mol. The standard InChI is InChI=1S/C23H26FN5/c24-21-5-1-3-19(13-21)18-8-6-17(7-9-18)15-28-11-2-4-20(16-28)23-27-26-22-14-25-10-12-29(22)23/h1,3,5-9,13,20,25H,2,4,10-12,14-16H2/t20-/m0/s1. The molecule has 1 fully saturated rings. The minimum absolute atomic E-state index is 0.197. The Morgan fingerprint density at radius 2 is 1.93 bits per heavy atom. The lowest BCUT2D eigenvalue weighted by Gasteiger charge is -2.32. The van der Waals surface area contributed by atoms with Crippen LogP contribution in [0.3, 0.4) is 0 Å². The molecule has 2 aliphatic heterocycles. The average molecular weight is 391 g/mol. The molecule has 0 bridgehead atoms. The van der Waals surface area contributed by atoms with Crippen LogP contribution in [0, 0.1) is 5.82 Å². The first kappa shape index (κ1) is 18.5. The number of nitrogens with one attached hydrogen (secondary N) is 1. The van der Waals surface area contributed by atoms with E-state index in [0.717, 1.165) is 62.0 Å². The molecule has 5 rings (SSSR count). The molecule has 2 aliphatic rings. The highest BCUT2D eigenvalue weighted by Gasteiger charge is 2.27. The van der Waals surface area contributed by atoms with Gasteiger partial charge in [0, 0.05) is 32.1 Å². The fraction of sp³-hybridized carbons (Fsp3) is 0.391. The van der Waals surface area contributed by atoms with Gasteiger partial charge in [0.2, 0.25) is 0 Å². The smallest absolute Gasteiger partial charge is 0.147 e. The summed E-state index contributed by atoms with van der Waals surface area (Å²) in [5.41, 5.74) is 3.26. The van der Waals surface area contributed by atoms with E-state index in [1.165, 1.54) is 24.5 Å². The molecular formula is C23H26FN5. The summed E-state index contributed by atoms with van der Waals surface area (Å²) in [5.74, 6) is 2.48. The van der Waals surface area contributed by atoms with Gasteiger partial charge in [0.1, 0.15) is 17.5 Å². The van der Waals surface area contributed by atoms with Gasteiger partial charge in [-0.25, -0.2) is 4.39 Å². The third-order valence-electron chi connectivity index (χ3n) is 6.04. The lowest BCUT2D eigenvalue weighted by molar-refractivity contribution is 0.194. The van der Waals surface area contributed by atoms with Crippen molar-refractivity contribution in [1.29, 1.82) is 0 Å². The van der Waals surface area contributed by atoms with Gasteiger partial charge in [0.25, 0.3) is 0 Å². The van der Waals surface area contributed by atoms with E-state index in [1.807, 2.05) is 6.07 Å². The van der Waals surface area contributed by atoms with Crippen LogP contribution in [0.4, 0.5) is 4.39 Å². The van der Waals surface area contributed by atoms with Crippen LogP contribution in [0.1, 0.15) is 36.0 Å². The summed E-state index contributed by atoms with van der Waals surface area (Å²) < 4.78 is 15.8. The first-order valence-corrected chi connectivity index (χ1v) is 10.5. The van der Waals surface area contributed by atoms with Gasteiger partial charge < -0.3 is 9.88 Å². The number of hydrogen-bond acceptors (Lipinski definition) is 4. The van der Waals surface area contributed by atoms with Gasteiger partial charge in [-0.2, -0.15) is 0 Å². The van der Waals surface area contributed by atoms with Gasteiger partial charge in [0.15, 0.2) is 0 Å². The number of fused-ring (bicyclic) bond motifs is 1. The van der Waals surface area contributed by atoms with Crippen LogP contribution in [0.25, 0.3) is 11.1 Å². The number of benzene rings is 2. The maximum atomic E-state index is 13.5. The molecule has 0 spiro atoms. The largest absolute Gasteiger partial charge is 0.312 e. The van der Waals surface area contributed by atoms with E-state index >= 15 is 0 Å². The second kappa shape index (κ2) is 8.05. The summed E-state index contributed by atoms with van der Waals surface area (Å²) in [4.78, 5) is 2.52. The summed E-state index contributed by atoms with van der Waals surface area (Å²) in [7, 11) is 0. The van der Waals surface area contributed by atoms with Crippen LogP contribution < -0.4 is 5.32 Å². The number of hydrogen-bond donors (Lipinski definition) is 1. The van der Waals surface area contributed by atoms with E-state index in [4.69, 9.17) is 0 Å². The predicted molar refractivity (Wildman–Crippen MR) is 111 cm³/mol. The number of likely N-dealkylation sites (tertiary alicyclic amines) is 1. The number of rotatable bonds is 4. The van der Waals surface area contributed by atoms with Gasteiger partial charge in [-0.05, 0) is 48.2 Å². The van der Waals surface area contributed by atoms with Crippen molar-refractivity contribution in [1.82, 2.24) is 25.0 Å². The van der Waals surface area contributed by atoms with E-state index in [0.29, 0.717) is 5.92 Å². The van der Waals surface area contributed by atoms with Crippen molar-refractivity contribution in [3.63, 3.8) is 0 Å². The molecule has 2 aromatic carbocycles. The number of aromatic nitrogens is 3. The van der Waals surface area contributed by atoms with Crippen molar-refractivity contribution < 1.29 is 4.39 Å². The molecule has 1 N–H and O–H groups in total. The Bertz CT molecular complexity index is 981. The summed E-state index contributed by atoms with van der Waals surface area (Å²) in [5, 5.41) is 12.3. The summed E-state index contributed by atoms with van der Waals surface area (Å²) >= 11 is 0. The van der Waals surface area contributed by atoms with Gasteiger partial charge in [-0.1, -0.05) is 36.4 Å². The van der Waals surface area contributed by atoms with E-state index in [1.54, 1.807) is 12.1 Å². The van der Waals surface area contributed by atoms with Gasteiger partial charge in [0.05, 0.1) is 6.54 Å². The molecule has 6 heteroatoms. The molecule has 3 aromatic rings. The van der Waals surface area contributed by atoms with E-state index in [9.17, 15) is 4.39 Å². The molecule has 0 radical (unpaired) electrons. The normalized spacial score (nSPS) is 19.8. The molecule has 150 valence electrons. The third kappa shape index (κ3) is 3.95. The van der Waals surface area contributed by atoms with E-state index < -0.39 is 0 Å². The molecule has 5 nitrogen and oxygen atoms in total. The number of nitrogens with zero attached hydrogens (tertiary/aromatic N) is 4. The zero-order valence-electron chi connectivity index (χ0n) is 16.5. The van der Waals surface area contributed by atoms with Crippen molar-refractivity contribution >= 4 is 0 Å². The molecule has 0 unspecified atom stereocenters. The Morgan fingerprint density at radius 3 is 2.79 bits per heavy atom. The second-order valence-electron chi connectivity index (χ2n) is 8.08. The molecule has 1 atom stereocenters. The predicted octanol–water partition coefficient (Wildman–Crippen LogP) is 3.57. The minimum atomic E-state index is -0.197. The van der Waals surface area contributed by atoms with Crippen LogP contribution >= 0.6 is 0 Å². The summed E-state index contributed by atoms with van der Waals surface area (Å²) in [6, 6.07) is 15.3. The zero-order valence-corrected chi connectivity index (χ0v) is 16.5. The Morgan fingerprint density at radius 1 is 1.03 bits per heavy atom. The molecule has 0 amide bonds. The van der Waals surface area contributed by atoms with E-state index in [2.05, 4.69) is 49.2 Å². The Balaban J connectivity index is 1.26.